The van der Waals surface area contributed by atoms with Crippen molar-refractivity contribution in [3.05, 3.63) is 110 Å². The Balaban J connectivity index is 0.000000307. The lowest BCUT2D eigenvalue weighted by Gasteiger charge is -2.42. The minimum absolute atomic E-state index is 0.0377. The van der Waals surface area contributed by atoms with Crippen LogP contribution in [0.5, 0.6) is 5.75 Å². The highest BCUT2D eigenvalue weighted by Gasteiger charge is 2.64. The molecule has 3 aliphatic rings. The van der Waals surface area contributed by atoms with Crippen LogP contribution in [0.1, 0.15) is 69.1 Å². The van der Waals surface area contributed by atoms with E-state index in [2.05, 4.69) is 10.4 Å². The van der Waals surface area contributed by atoms with E-state index in [1.807, 2.05) is 31.2 Å². The van der Waals surface area contributed by atoms with Gasteiger partial charge >= 0.3 is 18.0 Å². The number of aromatic carboxylic acids is 1. The number of rotatable bonds is 8. The molecule has 17 nitrogen and oxygen atoms in total. The van der Waals surface area contributed by atoms with Crippen molar-refractivity contribution in [1.29, 1.82) is 0 Å². The van der Waals surface area contributed by atoms with Crippen molar-refractivity contribution >= 4 is 81.2 Å². The first-order valence-electron chi connectivity index (χ1n) is 22.0. The van der Waals surface area contributed by atoms with Crippen molar-refractivity contribution in [2.45, 2.75) is 102 Å². The summed E-state index contributed by atoms with van der Waals surface area (Å²) in [6, 6.07) is 15.0. The quantitative estimate of drug-likeness (QED) is 0.115. The van der Waals surface area contributed by atoms with Gasteiger partial charge in [-0.3, -0.25) is 19.6 Å². The van der Waals surface area contributed by atoms with Crippen molar-refractivity contribution in [2.24, 2.45) is 5.92 Å². The van der Waals surface area contributed by atoms with E-state index in [-0.39, 0.29) is 29.5 Å². The zero-order chi connectivity index (χ0) is 50.7. The maximum absolute atomic E-state index is 14.0. The summed E-state index contributed by atoms with van der Waals surface area (Å²) in [4.78, 5) is 66.0. The van der Waals surface area contributed by atoms with Crippen LogP contribution in [0.2, 0.25) is 15.1 Å². The van der Waals surface area contributed by atoms with Crippen LogP contribution in [-0.2, 0) is 46.3 Å². The molecule has 0 spiro atoms. The lowest BCUT2D eigenvalue weighted by atomic mass is 9.83. The van der Waals surface area contributed by atoms with E-state index in [0.717, 1.165) is 22.2 Å². The number of hydrogen-bond donors (Lipinski definition) is 3. The number of anilines is 1. The largest absolute Gasteiger partial charge is 0.495 e. The smallest absolute Gasteiger partial charge is 0.409 e. The number of halogens is 3. The van der Waals surface area contributed by atoms with Crippen molar-refractivity contribution in [1.82, 2.24) is 20.0 Å². The third-order valence-electron chi connectivity index (χ3n) is 12.8. The van der Waals surface area contributed by atoms with Crippen LogP contribution in [0.4, 0.5) is 10.5 Å². The number of epoxide rings is 1. The maximum Gasteiger partial charge on any atom is 0.409 e. The first-order chi connectivity index (χ1) is 32.5. The van der Waals surface area contributed by atoms with Crippen LogP contribution in [-0.4, -0.2) is 125 Å². The number of likely N-dealkylation sites (N-methyl/N-ethyl adjacent to an activating group) is 1. The second-order valence-corrected chi connectivity index (χ2v) is 18.8. The molecule has 3 aliphatic heterocycles. The molecule has 0 radical (unpaired) electrons. The molecule has 2 saturated heterocycles. The van der Waals surface area contributed by atoms with Gasteiger partial charge in [0.1, 0.15) is 40.7 Å². The number of aromatic nitrogens is 2. The van der Waals surface area contributed by atoms with Crippen LogP contribution >= 0.6 is 34.8 Å². The van der Waals surface area contributed by atoms with Gasteiger partial charge in [0.15, 0.2) is 11.4 Å². The number of benzene rings is 3. The fourth-order valence-electron chi connectivity index (χ4n) is 8.49. The number of aliphatic hydroxyl groups is 1. The van der Waals surface area contributed by atoms with Gasteiger partial charge < -0.3 is 43.7 Å². The molecule has 2 fully saturated rings. The van der Waals surface area contributed by atoms with Crippen molar-refractivity contribution in [3.8, 4) is 5.75 Å². The van der Waals surface area contributed by atoms with Gasteiger partial charge in [0.05, 0.1) is 37.4 Å². The molecule has 20 heteroatoms. The molecule has 1 aromatic heterocycles. The zero-order valence-corrected chi connectivity index (χ0v) is 41.9. The van der Waals surface area contributed by atoms with E-state index in [1.54, 1.807) is 74.1 Å². The highest BCUT2D eigenvalue weighted by Crippen LogP contribution is 2.49. The first kappa shape index (κ1) is 52.7. The van der Waals surface area contributed by atoms with Gasteiger partial charge in [-0.2, -0.15) is 5.10 Å². The molecule has 4 heterocycles. The molecule has 4 aromatic rings. The van der Waals surface area contributed by atoms with Crippen LogP contribution in [0.15, 0.2) is 78.4 Å². The Kier molecular flexibility index (Phi) is 16.4. The standard InChI is InChI=1S/C34H46ClN3O10.C15H10Cl2N2O2/c1-18-11-10-12-26(45-9)34(43)17-25(46-32(42)36-34)19(2)30-33(5,48-30)27(47-31(41)20(3)37(6)21(4)39)16-28(40)38(7)23-14-22(13-18)15-24(44-8)29(23)35;16-10-6-5-9(12(17)7-10)8-19-13-4-2-1-3-11(13)14(18-19)15(20)21/h10-12,14-15,19-20,25-27,30,43H,13,16-17H2,1-9H3,(H,36,42);1-7H,8H2,(H,20,21)/b12-10-,18-11-;/t19-,20+,25+,26-,27+,30+,33+,34+;/m1./s1. The second-order valence-electron chi connectivity index (χ2n) is 17.6. The van der Waals surface area contributed by atoms with Crippen molar-refractivity contribution in [2.75, 3.05) is 33.2 Å². The Hall–Kier alpha value is -5.69. The summed E-state index contributed by atoms with van der Waals surface area (Å²) in [5.74, 6) is -2.68. The van der Waals surface area contributed by atoms with Gasteiger partial charge in [0.25, 0.3) is 0 Å². The number of ether oxygens (including phenoxy) is 5. The number of para-hydroxylation sites is 1. The number of alkyl carbamates (subject to hydrolysis) is 1. The van der Waals surface area contributed by atoms with E-state index in [1.165, 1.54) is 44.9 Å². The molecule has 8 atom stereocenters. The Bertz CT molecular complexity index is 2690. The molecule has 3 amide bonds. The third kappa shape index (κ3) is 11.7. The molecule has 0 aliphatic carbocycles. The number of carbonyl (C=O) groups excluding carboxylic acids is 4. The predicted molar refractivity (Wildman–Crippen MR) is 259 cm³/mol. The van der Waals surface area contributed by atoms with Gasteiger partial charge in [-0.05, 0) is 68.7 Å². The van der Waals surface area contributed by atoms with Crippen LogP contribution in [0, 0.1) is 5.92 Å². The maximum atomic E-state index is 14.0. The Morgan fingerprint density at radius 2 is 1.80 bits per heavy atom. The Morgan fingerprint density at radius 1 is 1.09 bits per heavy atom. The number of nitrogens with zero attached hydrogens (tertiary/aromatic N) is 4. The summed E-state index contributed by atoms with van der Waals surface area (Å²) in [7, 11) is 5.97. The summed E-state index contributed by atoms with van der Waals surface area (Å²) in [5.41, 5.74) is 0.742. The van der Waals surface area contributed by atoms with Gasteiger partial charge in [-0.25, -0.2) is 14.4 Å². The number of carboxylic acids is 1. The normalized spacial score (nSPS) is 26.4. The summed E-state index contributed by atoms with van der Waals surface area (Å²) >= 11 is 18.7. The van der Waals surface area contributed by atoms with Crippen LogP contribution in [0.3, 0.4) is 0 Å². The SMILES string of the molecule is COc1cc2cc(c1Cl)N(C)C(=O)C[C@H](OC(=O)[C@H](C)N(C)C(C)=O)[C@]1(C)O[C@H]1[C@H](C)[C@@H]1C[C@@](O)(NC(=O)O1)[C@H](OC)/C=C\C=C(\C)C2.O=C(O)c1nn(Cc2ccc(Cl)cc2Cl)c2ccccc12. The minimum Gasteiger partial charge on any atom is -0.495 e. The van der Waals surface area contributed by atoms with Gasteiger partial charge in [0.2, 0.25) is 11.8 Å². The molecule has 69 heavy (non-hydrogen) atoms. The molecule has 3 aromatic carbocycles. The van der Waals surface area contributed by atoms with E-state index in [9.17, 15) is 34.2 Å². The number of methoxy groups -OCH3 is 2. The summed E-state index contributed by atoms with van der Waals surface area (Å²) in [6.07, 6.45) is 1.02. The predicted octanol–water partition coefficient (Wildman–Crippen LogP) is 7.62. The molecule has 0 saturated carbocycles. The first-order valence-corrected chi connectivity index (χ1v) is 23.1. The monoisotopic (exact) mass is 1010 g/mol. The number of carboxylic acid groups (broad SMARTS) is 1. The fourth-order valence-corrected chi connectivity index (χ4v) is 9.27. The Labute approximate surface area is 414 Å². The van der Waals surface area contributed by atoms with Gasteiger partial charge in [-0.15, -0.1) is 0 Å². The summed E-state index contributed by atoms with van der Waals surface area (Å²) in [6.45, 7) is 8.66. The van der Waals surface area contributed by atoms with Crippen molar-refractivity contribution in [3.63, 3.8) is 0 Å². The van der Waals surface area contributed by atoms with Crippen LogP contribution in [0.25, 0.3) is 10.9 Å². The zero-order valence-electron chi connectivity index (χ0n) is 39.6. The molecular weight excluding hydrogens is 957 g/mol. The number of nitrogens with one attached hydrogen (secondary N) is 1. The fraction of sp³-hybridized carbons (Fsp3) is 0.429. The minimum atomic E-state index is -1.81. The number of allylic oxidation sites excluding steroid dienone is 3. The van der Waals surface area contributed by atoms with E-state index >= 15 is 0 Å². The van der Waals surface area contributed by atoms with E-state index < -0.39 is 71.6 Å². The third-order valence-corrected chi connectivity index (χ3v) is 13.8. The number of fused-ring (bicyclic) bond motifs is 6. The van der Waals surface area contributed by atoms with Gasteiger partial charge in [0, 0.05) is 55.9 Å². The topological polar surface area (TPSA) is 212 Å². The van der Waals surface area contributed by atoms with E-state index in [0.29, 0.717) is 39.8 Å². The average molecular weight is 1010 g/mol. The summed E-state index contributed by atoms with van der Waals surface area (Å²) in [5, 5.41) is 29.5. The van der Waals surface area contributed by atoms with E-state index in [4.69, 9.17) is 58.5 Å². The second kappa shape index (κ2) is 21.5. The average Bonchev–Trinajstić information content (AvgIpc) is 3.86. The molecule has 4 bridgehead atoms. The highest BCUT2D eigenvalue weighted by atomic mass is 35.5. The molecule has 3 N–H and O–H groups in total. The lowest BCUT2D eigenvalue weighted by molar-refractivity contribution is -0.161. The van der Waals surface area contributed by atoms with Crippen molar-refractivity contribution < 1.29 is 57.9 Å². The molecule has 0 unspecified atom stereocenters. The molecular formula is C49H56Cl3N5O12. The number of hydrogen-bond acceptors (Lipinski definition) is 12. The highest BCUT2D eigenvalue weighted by molar-refractivity contribution is 6.35. The van der Waals surface area contributed by atoms with Crippen LogP contribution < -0.4 is 15.0 Å². The lowest BCUT2D eigenvalue weighted by Crippen LogP contribution is -2.63. The Morgan fingerprint density at radius 3 is 2.45 bits per heavy atom. The summed E-state index contributed by atoms with van der Waals surface area (Å²) < 4.78 is 30.6. The number of amides is 3. The molecule has 370 valence electrons. The number of carbonyl (C=O) groups is 5. The number of esters is 1. The molecule has 7 rings (SSSR count). The van der Waals surface area contributed by atoms with Gasteiger partial charge in [-0.1, -0.05) is 89.8 Å².